The zero-order valence-electron chi connectivity index (χ0n) is 20.3. The highest BCUT2D eigenvalue weighted by Gasteiger charge is 2.31. The molecular formula is C24H33N3O6S. The lowest BCUT2D eigenvalue weighted by atomic mass is 10.1. The molecular weight excluding hydrogens is 458 g/mol. The van der Waals surface area contributed by atoms with E-state index in [1.165, 1.54) is 25.2 Å². The average Bonchev–Trinajstić information content (AvgIpc) is 2.82. The third kappa shape index (κ3) is 7.11. The summed E-state index contributed by atoms with van der Waals surface area (Å²) in [6.45, 7) is 3.58. The van der Waals surface area contributed by atoms with E-state index in [-0.39, 0.29) is 23.9 Å². The molecule has 1 N–H and O–H groups in total. The molecule has 2 aromatic rings. The van der Waals surface area contributed by atoms with Gasteiger partial charge in [-0.15, -0.1) is 0 Å². The van der Waals surface area contributed by atoms with Gasteiger partial charge in [-0.1, -0.05) is 30.3 Å². The number of rotatable bonds is 12. The minimum Gasteiger partial charge on any atom is -0.497 e. The molecule has 186 valence electrons. The molecule has 2 rings (SSSR count). The van der Waals surface area contributed by atoms with Crippen LogP contribution in [0, 0.1) is 0 Å². The summed E-state index contributed by atoms with van der Waals surface area (Å²) >= 11 is 0. The SMILES string of the molecule is CCNC(=O)[C@@H](C)N(CCc1ccccc1)C(=O)CN(c1cc(OC)ccc1OC)S(C)(=O)=O. The molecule has 34 heavy (non-hydrogen) atoms. The number of carbonyl (C=O) groups is 2. The third-order valence-electron chi connectivity index (χ3n) is 5.34. The van der Waals surface area contributed by atoms with Crippen LogP contribution in [0.2, 0.25) is 0 Å². The largest absolute Gasteiger partial charge is 0.497 e. The van der Waals surface area contributed by atoms with Gasteiger partial charge in [-0.05, 0) is 38.0 Å². The van der Waals surface area contributed by atoms with E-state index in [0.29, 0.717) is 18.7 Å². The molecule has 2 amide bonds. The first-order valence-electron chi connectivity index (χ1n) is 10.9. The highest BCUT2D eigenvalue weighted by Crippen LogP contribution is 2.33. The van der Waals surface area contributed by atoms with E-state index >= 15 is 0 Å². The Morgan fingerprint density at radius 1 is 1.06 bits per heavy atom. The van der Waals surface area contributed by atoms with Gasteiger partial charge >= 0.3 is 0 Å². The summed E-state index contributed by atoms with van der Waals surface area (Å²) in [5, 5.41) is 2.73. The van der Waals surface area contributed by atoms with Crippen molar-refractivity contribution in [2.24, 2.45) is 0 Å². The number of carbonyl (C=O) groups excluding carboxylic acids is 2. The predicted octanol–water partition coefficient (Wildman–Crippen LogP) is 2.07. The monoisotopic (exact) mass is 491 g/mol. The lowest BCUT2D eigenvalue weighted by Crippen LogP contribution is -2.52. The van der Waals surface area contributed by atoms with Gasteiger partial charge in [-0.3, -0.25) is 13.9 Å². The minimum atomic E-state index is -3.88. The fourth-order valence-electron chi connectivity index (χ4n) is 3.48. The fraction of sp³-hybridized carbons (Fsp3) is 0.417. The molecule has 0 aromatic heterocycles. The van der Waals surface area contributed by atoms with Crippen molar-refractivity contribution >= 4 is 27.5 Å². The Kier molecular flexibility index (Phi) is 9.73. The summed E-state index contributed by atoms with van der Waals surface area (Å²) in [4.78, 5) is 27.4. The van der Waals surface area contributed by atoms with Gasteiger partial charge in [0.15, 0.2) is 0 Å². The van der Waals surface area contributed by atoms with E-state index in [1.807, 2.05) is 30.3 Å². The molecule has 0 spiro atoms. The lowest BCUT2D eigenvalue weighted by Gasteiger charge is -2.31. The third-order valence-corrected chi connectivity index (χ3v) is 6.46. The minimum absolute atomic E-state index is 0.173. The van der Waals surface area contributed by atoms with E-state index in [9.17, 15) is 18.0 Å². The van der Waals surface area contributed by atoms with Crippen LogP contribution in [0.3, 0.4) is 0 Å². The molecule has 0 bridgehead atoms. The quantitative estimate of drug-likeness (QED) is 0.487. The van der Waals surface area contributed by atoms with Gasteiger partial charge in [0.05, 0.1) is 26.2 Å². The summed E-state index contributed by atoms with van der Waals surface area (Å²) in [6.07, 6.45) is 1.53. The fourth-order valence-corrected chi connectivity index (χ4v) is 4.32. The van der Waals surface area contributed by atoms with Crippen LogP contribution in [0.1, 0.15) is 19.4 Å². The van der Waals surface area contributed by atoms with Crippen molar-refractivity contribution in [2.45, 2.75) is 26.3 Å². The number of ether oxygens (including phenoxy) is 2. The van der Waals surface area contributed by atoms with Crippen LogP contribution in [0.4, 0.5) is 5.69 Å². The number of nitrogens with zero attached hydrogens (tertiary/aromatic N) is 2. The lowest BCUT2D eigenvalue weighted by molar-refractivity contribution is -0.138. The second-order valence-corrected chi connectivity index (χ2v) is 9.61. The zero-order valence-corrected chi connectivity index (χ0v) is 21.1. The van der Waals surface area contributed by atoms with Crippen molar-refractivity contribution in [3.63, 3.8) is 0 Å². The number of sulfonamides is 1. The molecule has 0 saturated carbocycles. The number of hydrogen-bond donors (Lipinski definition) is 1. The molecule has 0 radical (unpaired) electrons. The van der Waals surface area contributed by atoms with Gasteiger partial charge in [0.25, 0.3) is 0 Å². The Labute approximate surface area is 201 Å². The maximum Gasteiger partial charge on any atom is 0.244 e. The molecule has 0 saturated heterocycles. The van der Waals surface area contributed by atoms with Crippen LogP contribution < -0.4 is 19.1 Å². The molecule has 9 nitrogen and oxygen atoms in total. The number of benzene rings is 2. The Morgan fingerprint density at radius 2 is 1.74 bits per heavy atom. The van der Waals surface area contributed by atoms with E-state index in [2.05, 4.69) is 5.32 Å². The molecule has 0 aliphatic carbocycles. The molecule has 0 unspecified atom stereocenters. The van der Waals surface area contributed by atoms with Gasteiger partial charge in [0.2, 0.25) is 21.8 Å². The normalized spacial score (nSPS) is 11.9. The second-order valence-electron chi connectivity index (χ2n) is 7.70. The van der Waals surface area contributed by atoms with Crippen molar-refractivity contribution in [3.8, 4) is 11.5 Å². The van der Waals surface area contributed by atoms with Crippen molar-refractivity contribution in [2.75, 3.05) is 44.4 Å². The average molecular weight is 492 g/mol. The molecule has 0 aliphatic heterocycles. The maximum atomic E-state index is 13.5. The van der Waals surface area contributed by atoms with Crippen LogP contribution in [0.5, 0.6) is 11.5 Å². The van der Waals surface area contributed by atoms with Crippen molar-refractivity contribution in [3.05, 3.63) is 54.1 Å². The number of hydrogen-bond acceptors (Lipinski definition) is 6. The first-order valence-corrected chi connectivity index (χ1v) is 12.8. The molecule has 1 atom stereocenters. The summed E-state index contributed by atoms with van der Waals surface area (Å²) in [5.41, 5.74) is 1.17. The summed E-state index contributed by atoms with van der Waals surface area (Å²) in [7, 11) is -1.00. The zero-order chi connectivity index (χ0) is 25.3. The molecule has 2 aromatic carbocycles. The van der Waals surface area contributed by atoms with E-state index < -0.39 is 28.5 Å². The number of methoxy groups -OCH3 is 2. The smallest absolute Gasteiger partial charge is 0.244 e. The van der Waals surface area contributed by atoms with Crippen LogP contribution >= 0.6 is 0 Å². The van der Waals surface area contributed by atoms with Crippen LogP contribution in [0.15, 0.2) is 48.5 Å². The summed E-state index contributed by atoms with van der Waals surface area (Å²) < 4.78 is 37.0. The summed E-state index contributed by atoms with van der Waals surface area (Å²) in [6, 6.07) is 13.5. The van der Waals surface area contributed by atoms with Gasteiger partial charge in [-0.2, -0.15) is 0 Å². The Hall–Kier alpha value is -3.27. The Balaban J connectivity index is 2.39. The van der Waals surface area contributed by atoms with Crippen LogP contribution in [-0.4, -0.2) is 71.3 Å². The Morgan fingerprint density at radius 3 is 2.29 bits per heavy atom. The van der Waals surface area contributed by atoms with Crippen molar-refractivity contribution < 1.29 is 27.5 Å². The first-order chi connectivity index (χ1) is 16.1. The predicted molar refractivity (Wildman–Crippen MR) is 132 cm³/mol. The molecule has 0 heterocycles. The topological polar surface area (TPSA) is 105 Å². The van der Waals surface area contributed by atoms with E-state index in [4.69, 9.17) is 9.47 Å². The first kappa shape index (κ1) is 27.0. The summed E-state index contributed by atoms with van der Waals surface area (Å²) in [5.74, 6) is -0.140. The highest BCUT2D eigenvalue weighted by atomic mass is 32.2. The maximum absolute atomic E-state index is 13.5. The molecule has 0 aliphatic rings. The van der Waals surface area contributed by atoms with Crippen LogP contribution in [0.25, 0.3) is 0 Å². The van der Waals surface area contributed by atoms with Gasteiger partial charge in [-0.25, -0.2) is 8.42 Å². The number of nitrogens with one attached hydrogen (secondary N) is 1. The van der Waals surface area contributed by atoms with E-state index in [0.717, 1.165) is 16.1 Å². The Bertz CT molecular complexity index is 1080. The second kappa shape index (κ2) is 12.3. The highest BCUT2D eigenvalue weighted by molar-refractivity contribution is 7.92. The number of likely N-dealkylation sites (N-methyl/N-ethyl adjacent to an activating group) is 1. The van der Waals surface area contributed by atoms with Gasteiger partial charge in [0.1, 0.15) is 24.1 Å². The van der Waals surface area contributed by atoms with Crippen molar-refractivity contribution in [1.82, 2.24) is 10.2 Å². The van der Waals surface area contributed by atoms with E-state index in [1.54, 1.807) is 26.0 Å². The van der Waals surface area contributed by atoms with Crippen molar-refractivity contribution in [1.29, 1.82) is 0 Å². The van der Waals surface area contributed by atoms with Gasteiger partial charge in [0, 0.05) is 19.2 Å². The number of anilines is 1. The van der Waals surface area contributed by atoms with Gasteiger partial charge < -0.3 is 19.7 Å². The molecule has 10 heteroatoms. The standard InChI is InChI=1S/C24H33N3O6S/c1-6-25-24(29)18(2)26(15-14-19-10-8-7-9-11-19)23(28)17-27(34(5,30)31)21-16-20(32-3)12-13-22(21)33-4/h7-13,16,18H,6,14-15,17H2,1-5H3,(H,25,29)/t18-/m1/s1. The number of amides is 2. The molecule has 0 fully saturated rings. The van der Waals surface area contributed by atoms with Crippen LogP contribution in [-0.2, 0) is 26.0 Å².